The molecule has 2 aromatic rings. The van der Waals surface area contributed by atoms with Crippen molar-refractivity contribution in [2.45, 2.75) is 129 Å². The van der Waals surface area contributed by atoms with E-state index in [1.165, 1.54) is 39.6 Å². The summed E-state index contributed by atoms with van der Waals surface area (Å²) < 4.78 is 51.8. The van der Waals surface area contributed by atoms with E-state index in [9.17, 15) is 19.2 Å². The highest BCUT2D eigenvalue weighted by atomic mass is 19.1. The molecule has 12 unspecified atom stereocenters. The van der Waals surface area contributed by atoms with Gasteiger partial charge in [0.05, 0.1) is 18.3 Å². The van der Waals surface area contributed by atoms with Crippen molar-refractivity contribution in [3.8, 4) is 11.3 Å². The van der Waals surface area contributed by atoms with Crippen molar-refractivity contribution in [1.29, 1.82) is 0 Å². The normalized spacial score (nSPS) is 36.5. The van der Waals surface area contributed by atoms with Crippen molar-refractivity contribution in [1.82, 2.24) is 20.0 Å². The summed E-state index contributed by atoms with van der Waals surface area (Å²) in [7, 11) is 5.41. The Hall–Kier alpha value is -4.39. The van der Waals surface area contributed by atoms with Gasteiger partial charge >= 0.3 is 11.9 Å². The molecule has 326 valence electrons. The summed E-state index contributed by atoms with van der Waals surface area (Å²) in [5.41, 5.74) is 1.50. The van der Waals surface area contributed by atoms with E-state index in [4.69, 9.17) is 38.8 Å². The second-order valence-electron chi connectivity index (χ2n) is 16.9. The number of methoxy groups -OCH3 is 1. The van der Waals surface area contributed by atoms with Gasteiger partial charge in [-0.2, -0.15) is 0 Å². The Morgan fingerprint density at radius 3 is 2.34 bits per heavy atom. The summed E-state index contributed by atoms with van der Waals surface area (Å²) in [5.74, 6) is -8.96. The second kappa shape index (κ2) is 18.5. The van der Waals surface area contributed by atoms with E-state index in [1.807, 2.05) is 21.0 Å². The predicted molar refractivity (Wildman–Crippen MR) is 209 cm³/mol. The maximum atomic E-state index is 16.6. The van der Waals surface area contributed by atoms with Crippen LogP contribution in [0.25, 0.3) is 11.3 Å². The van der Waals surface area contributed by atoms with Gasteiger partial charge in [-0.05, 0) is 60.5 Å². The second-order valence-corrected chi connectivity index (χ2v) is 16.9. The molecule has 3 aliphatic heterocycles. The summed E-state index contributed by atoms with van der Waals surface area (Å²) in [6.07, 6.45) is 3.83. The number of oxime groups is 1. The van der Waals surface area contributed by atoms with Crippen molar-refractivity contribution in [3.05, 3.63) is 30.5 Å². The number of ketones is 2. The zero-order valence-electron chi connectivity index (χ0n) is 35.6. The zero-order chi connectivity index (χ0) is 43.4. The Morgan fingerprint density at radius 2 is 1.73 bits per heavy atom. The number of amidine groups is 1. The average molecular weight is 831 g/mol. The van der Waals surface area contributed by atoms with Gasteiger partial charge in [-0.1, -0.05) is 38.0 Å². The lowest BCUT2D eigenvalue weighted by atomic mass is 9.67. The van der Waals surface area contributed by atoms with E-state index in [0.29, 0.717) is 17.7 Å². The van der Waals surface area contributed by atoms with Crippen molar-refractivity contribution in [2.24, 2.45) is 40.5 Å². The van der Waals surface area contributed by atoms with Crippen molar-refractivity contribution >= 4 is 29.3 Å². The van der Waals surface area contributed by atoms with E-state index >= 15 is 4.39 Å². The van der Waals surface area contributed by atoms with E-state index in [0.717, 1.165) is 13.3 Å². The molecule has 0 spiro atoms. The lowest BCUT2D eigenvalue weighted by molar-refractivity contribution is -0.229. The van der Waals surface area contributed by atoms with Crippen molar-refractivity contribution in [2.75, 3.05) is 27.8 Å². The quantitative estimate of drug-likeness (QED) is 0.110. The topological polar surface area (TPSA) is 217 Å². The van der Waals surface area contributed by atoms with Gasteiger partial charge in [0.25, 0.3) is 5.67 Å². The van der Waals surface area contributed by atoms with Gasteiger partial charge < -0.3 is 43.7 Å². The molecule has 0 aliphatic carbocycles. The number of hydrogen-bond donors (Lipinski definition) is 1. The zero-order valence-corrected chi connectivity index (χ0v) is 35.6. The minimum atomic E-state index is -3.09. The molecule has 0 amide bonds. The molecule has 2 aromatic heterocycles. The Labute approximate surface area is 344 Å². The standard InChI is InChI=1S/C41H59FN6O11/c1-11-29-40(7)33(32(37(51)59-40)36(43)47-56-20-30-44-18-26(19-45-30)28-12-13-55-46-28)25(5)34(49)22(2)16-41(53-10,17-23(3)35(50)39(6,42)38(52)58-29)21-54-31-15-27(48(8)9)14-24(4)57-31/h12-13,18-19,22-25,27,29,31-33H,11,14-17,20-21H2,1-10H3,(H2,43,47). The smallest absolute Gasteiger partial charge is 0.351 e. The highest BCUT2D eigenvalue weighted by Gasteiger charge is 2.63. The van der Waals surface area contributed by atoms with Crippen LogP contribution in [-0.2, 0) is 54.3 Å². The lowest BCUT2D eigenvalue weighted by Gasteiger charge is -2.43. The van der Waals surface area contributed by atoms with Crippen LogP contribution in [0.1, 0.15) is 86.4 Å². The van der Waals surface area contributed by atoms with Crippen molar-refractivity contribution < 1.29 is 56.6 Å². The first kappa shape index (κ1) is 45.7. The highest BCUT2D eigenvalue weighted by molar-refractivity contribution is 6.07. The fraction of sp³-hybridized carbons (Fsp3) is 0.707. The van der Waals surface area contributed by atoms with Crippen LogP contribution in [-0.4, -0.2) is 119 Å². The number of esters is 2. The third kappa shape index (κ3) is 9.82. The van der Waals surface area contributed by atoms with Crippen LogP contribution in [0, 0.1) is 29.6 Å². The first-order valence-electron chi connectivity index (χ1n) is 20.1. The van der Waals surface area contributed by atoms with Gasteiger partial charge in [0.1, 0.15) is 29.8 Å². The molecule has 5 rings (SSSR count). The monoisotopic (exact) mass is 830 g/mol. The summed E-state index contributed by atoms with van der Waals surface area (Å²) in [5, 5.41) is 7.88. The molecule has 0 bridgehead atoms. The van der Waals surface area contributed by atoms with E-state index in [-0.39, 0.29) is 62.1 Å². The van der Waals surface area contributed by atoms with Gasteiger partial charge in [0.15, 0.2) is 35.9 Å². The number of hydrogen-bond acceptors (Lipinski definition) is 16. The molecule has 5 heterocycles. The maximum absolute atomic E-state index is 16.6. The molecule has 0 aromatic carbocycles. The van der Waals surface area contributed by atoms with E-state index in [1.54, 1.807) is 26.8 Å². The molecular weight excluding hydrogens is 771 g/mol. The summed E-state index contributed by atoms with van der Waals surface area (Å²) in [4.78, 5) is 72.3. The largest absolute Gasteiger partial charge is 0.455 e. The maximum Gasteiger partial charge on any atom is 0.351 e. The molecule has 3 aliphatic rings. The van der Waals surface area contributed by atoms with Crippen LogP contribution in [0.2, 0.25) is 0 Å². The van der Waals surface area contributed by atoms with E-state index < -0.39 is 76.6 Å². The Balaban J connectivity index is 1.47. The first-order valence-corrected chi connectivity index (χ1v) is 20.1. The number of aromatic nitrogens is 3. The molecule has 17 nitrogen and oxygen atoms in total. The molecule has 59 heavy (non-hydrogen) atoms. The number of nitrogens with two attached hydrogens (primary N) is 1. The summed E-state index contributed by atoms with van der Waals surface area (Å²) in [6.45, 7) is 10.5. The number of fused-ring (bicyclic) bond motifs is 1. The number of rotatable bonds is 11. The highest BCUT2D eigenvalue weighted by Crippen LogP contribution is 2.48. The Kier molecular flexibility index (Phi) is 14.3. The molecule has 12 atom stereocenters. The van der Waals surface area contributed by atoms with Crippen LogP contribution in [0.15, 0.2) is 34.4 Å². The number of cyclic esters (lactones) is 1. The van der Waals surface area contributed by atoms with Crippen LogP contribution in [0.4, 0.5) is 4.39 Å². The average Bonchev–Trinajstić information content (AvgIpc) is 3.83. The Morgan fingerprint density at radius 1 is 1.05 bits per heavy atom. The third-order valence-electron chi connectivity index (χ3n) is 12.2. The molecule has 18 heteroatoms. The van der Waals surface area contributed by atoms with Gasteiger partial charge in [-0.3, -0.25) is 14.4 Å². The molecule has 3 fully saturated rings. The number of carbonyl (C=O) groups excluding carboxylic acids is 4. The van der Waals surface area contributed by atoms with Crippen LogP contribution < -0.4 is 5.73 Å². The molecule has 2 N–H and O–H groups in total. The number of nitrogens with zero attached hydrogens (tertiary/aromatic N) is 5. The summed E-state index contributed by atoms with van der Waals surface area (Å²) in [6, 6.07) is 1.84. The van der Waals surface area contributed by atoms with Crippen molar-refractivity contribution in [3.63, 3.8) is 0 Å². The molecule has 0 radical (unpaired) electrons. The van der Waals surface area contributed by atoms with Gasteiger partial charge in [-0.25, -0.2) is 19.2 Å². The Bertz CT molecular complexity index is 1830. The van der Waals surface area contributed by atoms with Crippen LogP contribution in [0.5, 0.6) is 0 Å². The number of halogens is 1. The molecule has 0 saturated carbocycles. The molecule has 3 saturated heterocycles. The fourth-order valence-electron chi connectivity index (χ4n) is 8.96. The predicted octanol–water partition coefficient (Wildman–Crippen LogP) is 4.22. The minimum absolute atomic E-state index is 0.0326. The number of carbonyl (C=O) groups is 4. The van der Waals surface area contributed by atoms with Gasteiger partial charge in [0, 0.05) is 67.3 Å². The summed E-state index contributed by atoms with van der Waals surface area (Å²) >= 11 is 0. The number of alkyl halides is 1. The SMILES string of the molecule is CCC1OC(=O)C(C)(F)C(=O)C(C)CC(COC2CC(N(C)C)CC(C)O2)(OC)CC(C)C(=O)C(C)C2C(C(N)=NOCc3ncc(-c4ccon4)cn3)C(=O)OC12C. The van der Waals surface area contributed by atoms with Gasteiger partial charge in [-0.15, -0.1) is 0 Å². The van der Waals surface area contributed by atoms with Crippen LogP contribution in [0.3, 0.4) is 0 Å². The first-order chi connectivity index (χ1) is 27.8. The van der Waals surface area contributed by atoms with E-state index in [2.05, 4.69) is 25.2 Å². The molecular formula is C41H59FN6O11. The van der Waals surface area contributed by atoms with Gasteiger partial charge in [0.2, 0.25) is 0 Å². The number of Topliss-reactive ketones (excluding diaryl/α,β-unsaturated/α-hetero) is 2. The third-order valence-corrected chi connectivity index (χ3v) is 12.2. The number of ether oxygens (including phenoxy) is 5. The van der Waals surface area contributed by atoms with Crippen LogP contribution >= 0.6 is 0 Å². The lowest BCUT2D eigenvalue weighted by Crippen LogP contribution is -2.56. The minimum Gasteiger partial charge on any atom is -0.455 e. The fourth-order valence-corrected chi connectivity index (χ4v) is 8.96.